The first kappa shape index (κ1) is 16.6. The van der Waals surface area contributed by atoms with E-state index in [1.54, 1.807) is 0 Å². The Morgan fingerprint density at radius 2 is 1.23 bits per heavy atom. The van der Waals surface area contributed by atoms with Crippen LogP contribution in [-0.4, -0.2) is 42.6 Å². The first-order valence-electron chi connectivity index (χ1n) is 5.72. The largest absolute Gasteiger partial charge is 0.508 e. The van der Waals surface area contributed by atoms with Gasteiger partial charge in [-0.2, -0.15) is 0 Å². The number of phenolic OH excluding ortho intramolecular Hbond substituents is 3. The summed E-state index contributed by atoms with van der Waals surface area (Å²) in [4.78, 5) is 20.6. The van der Waals surface area contributed by atoms with E-state index in [4.69, 9.17) is 30.6 Å². The van der Waals surface area contributed by atoms with Crippen LogP contribution in [0.1, 0.15) is 20.7 Å². The van der Waals surface area contributed by atoms with Gasteiger partial charge >= 0.3 is 11.9 Å². The second kappa shape index (κ2) is 6.84. The maximum Gasteiger partial charge on any atom is 0.339 e. The molecule has 0 aliphatic rings. The number of phenols is 4. The fourth-order valence-corrected chi connectivity index (χ4v) is 1.42. The van der Waals surface area contributed by atoms with Gasteiger partial charge in [0.1, 0.15) is 28.6 Å². The van der Waals surface area contributed by atoms with Crippen molar-refractivity contribution in [3.8, 4) is 23.0 Å². The lowest BCUT2D eigenvalue weighted by Crippen LogP contribution is -1.95. The normalized spacial score (nSPS) is 9.45. The molecule has 2 aromatic rings. The van der Waals surface area contributed by atoms with E-state index in [0.717, 1.165) is 30.3 Å². The number of benzene rings is 2. The highest BCUT2D eigenvalue weighted by Gasteiger charge is 2.08. The molecule has 0 atom stereocenters. The molecular formula is C14H12O8. The summed E-state index contributed by atoms with van der Waals surface area (Å²) in [7, 11) is 0. The number of hydrogen-bond acceptors (Lipinski definition) is 6. The molecule has 0 saturated heterocycles. The van der Waals surface area contributed by atoms with Gasteiger partial charge in [-0.25, -0.2) is 9.59 Å². The Labute approximate surface area is 123 Å². The third kappa shape index (κ3) is 4.60. The van der Waals surface area contributed by atoms with Crippen LogP contribution in [0.5, 0.6) is 23.0 Å². The lowest BCUT2D eigenvalue weighted by atomic mass is 10.2. The molecule has 22 heavy (non-hydrogen) atoms. The van der Waals surface area contributed by atoms with Crippen molar-refractivity contribution in [2.24, 2.45) is 0 Å². The number of aromatic hydroxyl groups is 4. The van der Waals surface area contributed by atoms with Crippen molar-refractivity contribution in [1.29, 1.82) is 0 Å². The average Bonchev–Trinajstić information content (AvgIpc) is 2.37. The maximum atomic E-state index is 10.3. The van der Waals surface area contributed by atoms with Crippen LogP contribution in [0.25, 0.3) is 0 Å². The lowest BCUT2D eigenvalue weighted by Gasteiger charge is -1.97. The molecule has 0 amide bonds. The van der Waals surface area contributed by atoms with E-state index in [-0.39, 0.29) is 28.4 Å². The Morgan fingerprint density at radius 1 is 0.682 bits per heavy atom. The van der Waals surface area contributed by atoms with E-state index >= 15 is 0 Å². The molecule has 0 aliphatic heterocycles. The van der Waals surface area contributed by atoms with Crippen molar-refractivity contribution < 1.29 is 40.2 Å². The topological polar surface area (TPSA) is 156 Å². The number of hydrogen-bond donors (Lipinski definition) is 6. The van der Waals surface area contributed by atoms with Crippen molar-refractivity contribution >= 4 is 11.9 Å². The zero-order valence-electron chi connectivity index (χ0n) is 11.0. The summed E-state index contributed by atoms with van der Waals surface area (Å²) in [6.45, 7) is 0. The van der Waals surface area contributed by atoms with Crippen molar-refractivity contribution in [2.75, 3.05) is 0 Å². The smallest absolute Gasteiger partial charge is 0.339 e. The molecular weight excluding hydrogens is 296 g/mol. The number of carboxylic acids is 2. The summed E-state index contributed by atoms with van der Waals surface area (Å²) in [5.41, 5.74) is -0.356. The van der Waals surface area contributed by atoms with Crippen LogP contribution in [-0.2, 0) is 0 Å². The summed E-state index contributed by atoms with van der Waals surface area (Å²) >= 11 is 0. The van der Waals surface area contributed by atoms with Gasteiger partial charge in [0.15, 0.2) is 0 Å². The molecule has 0 saturated carbocycles. The van der Waals surface area contributed by atoms with E-state index in [2.05, 4.69) is 0 Å². The molecule has 0 fully saturated rings. The van der Waals surface area contributed by atoms with Gasteiger partial charge in [-0.05, 0) is 24.3 Å². The van der Waals surface area contributed by atoms with Gasteiger partial charge in [0, 0.05) is 12.1 Å². The van der Waals surface area contributed by atoms with Gasteiger partial charge in [0.25, 0.3) is 0 Å². The highest BCUT2D eigenvalue weighted by Crippen LogP contribution is 2.22. The zero-order valence-corrected chi connectivity index (χ0v) is 11.0. The predicted octanol–water partition coefficient (Wildman–Crippen LogP) is 1.59. The molecule has 116 valence electrons. The minimum atomic E-state index is -1.22. The van der Waals surface area contributed by atoms with E-state index in [9.17, 15) is 9.59 Å². The summed E-state index contributed by atoms with van der Waals surface area (Å²) < 4.78 is 0. The summed E-state index contributed by atoms with van der Waals surface area (Å²) in [6.07, 6.45) is 0. The second-order valence-electron chi connectivity index (χ2n) is 4.05. The molecule has 8 nitrogen and oxygen atoms in total. The molecule has 0 spiro atoms. The van der Waals surface area contributed by atoms with Crippen LogP contribution in [0.2, 0.25) is 0 Å². The van der Waals surface area contributed by atoms with Crippen LogP contribution >= 0.6 is 0 Å². The Bertz CT molecular complexity index is 688. The first-order chi connectivity index (χ1) is 10.2. The molecule has 6 N–H and O–H groups in total. The summed E-state index contributed by atoms with van der Waals surface area (Å²) in [5.74, 6) is -3.52. The van der Waals surface area contributed by atoms with Crippen LogP contribution in [0.3, 0.4) is 0 Å². The monoisotopic (exact) mass is 308 g/mol. The van der Waals surface area contributed by atoms with Gasteiger partial charge < -0.3 is 30.6 Å². The lowest BCUT2D eigenvalue weighted by molar-refractivity contribution is 0.0684. The van der Waals surface area contributed by atoms with Crippen molar-refractivity contribution in [1.82, 2.24) is 0 Å². The minimum Gasteiger partial charge on any atom is -0.508 e. The van der Waals surface area contributed by atoms with Crippen LogP contribution in [0.4, 0.5) is 0 Å². The van der Waals surface area contributed by atoms with E-state index < -0.39 is 17.7 Å². The maximum absolute atomic E-state index is 10.3. The summed E-state index contributed by atoms with van der Waals surface area (Å²) in [5, 5.41) is 52.2. The van der Waals surface area contributed by atoms with Crippen molar-refractivity contribution in [2.45, 2.75) is 0 Å². The van der Waals surface area contributed by atoms with Gasteiger partial charge in [-0.15, -0.1) is 0 Å². The summed E-state index contributed by atoms with van der Waals surface area (Å²) in [6, 6.07) is 6.48. The Balaban J connectivity index is 0.000000220. The van der Waals surface area contributed by atoms with E-state index in [0.29, 0.717) is 0 Å². The molecule has 0 unspecified atom stereocenters. The fraction of sp³-hybridized carbons (Fsp3) is 0. The average molecular weight is 308 g/mol. The molecule has 0 aliphatic carbocycles. The number of rotatable bonds is 2. The highest BCUT2D eigenvalue weighted by atomic mass is 16.4. The van der Waals surface area contributed by atoms with E-state index in [1.807, 2.05) is 0 Å². The van der Waals surface area contributed by atoms with Crippen LogP contribution in [0.15, 0.2) is 36.4 Å². The van der Waals surface area contributed by atoms with E-state index in [1.165, 1.54) is 6.07 Å². The Kier molecular flexibility index (Phi) is 5.17. The third-order valence-corrected chi connectivity index (χ3v) is 2.36. The minimum absolute atomic E-state index is 0.137. The van der Waals surface area contributed by atoms with Crippen molar-refractivity contribution in [3.63, 3.8) is 0 Å². The zero-order chi connectivity index (χ0) is 16.9. The van der Waals surface area contributed by atoms with Crippen molar-refractivity contribution in [3.05, 3.63) is 47.5 Å². The highest BCUT2D eigenvalue weighted by molar-refractivity contribution is 5.91. The molecule has 8 heteroatoms. The van der Waals surface area contributed by atoms with Gasteiger partial charge in [-0.3, -0.25) is 0 Å². The number of aromatic carboxylic acids is 2. The van der Waals surface area contributed by atoms with Gasteiger partial charge in [0.2, 0.25) is 0 Å². The second-order valence-corrected chi connectivity index (χ2v) is 4.05. The Morgan fingerprint density at radius 3 is 1.64 bits per heavy atom. The third-order valence-electron chi connectivity index (χ3n) is 2.36. The standard InChI is InChI=1S/2C7H6O4/c8-5-1-4(7(10)11)2-6(9)3-5;8-4-1-2-5(7(10)11)6(9)3-4/h2*1-3,8-9H,(H,10,11). The van der Waals surface area contributed by atoms with Gasteiger partial charge in [0.05, 0.1) is 5.56 Å². The molecule has 2 aromatic carbocycles. The van der Waals surface area contributed by atoms with Crippen LogP contribution < -0.4 is 0 Å². The Hall–Kier alpha value is -3.42. The molecule has 0 bridgehead atoms. The number of carboxylic acid groups (broad SMARTS) is 2. The van der Waals surface area contributed by atoms with Crippen LogP contribution in [0, 0.1) is 0 Å². The fourth-order valence-electron chi connectivity index (χ4n) is 1.42. The van der Waals surface area contributed by atoms with Gasteiger partial charge in [-0.1, -0.05) is 0 Å². The molecule has 0 aromatic heterocycles. The SMILES string of the molecule is O=C(O)c1cc(O)cc(O)c1.O=C(O)c1ccc(O)cc1O. The molecule has 0 radical (unpaired) electrons. The molecule has 2 rings (SSSR count). The quantitative estimate of drug-likeness (QED) is 0.488. The first-order valence-corrected chi connectivity index (χ1v) is 5.72. The number of carbonyl (C=O) groups is 2. The molecule has 0 heterocycles. The predicted molar refractivity (Wildman–Crippen MR) is 73.5 cm³/mol.